The van der Waals surface area contributed by atoms with Crippen LogP contribution in [0.5, 0.6) is 5.75 Å². The number of hydrogen-bond acceptors (Lipinski definition) is 4. The third kappa shape index (κ3) is 5.17. The fraction of sp³-hybridized carbons (Fsp3) is 0.500. The minimum absolute atomic E-state index is 0.0717. The number of nitrogens with one attached hydrogen (secondary N) is 1. The monoisotopic (exact) mass is 248 g/mol. The van der Waals surface area contributed by atoms with Crippen LogP contribution in [0.25, 0.3) is 0 Å². The first-order valence-corrected chi connectivity index (χ1v) is 5.98. The van der Waals surface area contributed by atoms with Gasteiger partial charge in [-0.2, -0.15) is 5.26 Å². The molecule has 0 saturated carbocycles. The predicted octanol–water partition coefficient (Wildman–Crippen LogP) is 1.70. The summed E-state index contributed by atoms with van der Waals surface area (Å²) < 4.78 is 5.17. The normalized spacial score (nSPS) is 11.0. The molecule has 0 unspecified atom stereocenters. The van der Waals surface area contributed by atoms with Crippen molar-refractivity contribution >= 4 is 0 Å². The summed E-state index contributed by atoms with van der Waals surface area (Å²) in [6.45, 7) is 5.78. The fourth-order valence-corrected chi connectivity index (χ4v) is 1.42. The second-order valence-electron chi connectivity index (χ2n) is 5.02. The Kier molecular flexibility index (Phi) is 5.63. The molecule has 2 N–H and O–H groups in total. The molecule has 0 spiro atoms. The number of rotatable bonds is 7. The average Bonchev–Trinajstić information content (AvgIpc) is 2.38. The molecule has 4 nitrogen and oxygen atoms in total. The average molecular weight is 248 g/mol. The van der Waals surface area contributed by atoms with Gasteiger partial charge in [0.15, 0.2) is 6.61 Å². The van der Waals surface area contributed by atoms with Gasteiger partial charge in [-0.3, -0.25) is 0 Å². The first kappa shape index (κ1) is 14.5. The summed E-state index contributed by atoms with van der Waals surface area (Å²) in [5, 5.41) is 20.8. The van der Waals surface area contributed by atoms with E-state index in [9.17, 15) is 0 Å². The topological polar surface area (TPSA) is 65.3 Å². The van der Waals surface area contributed by atoms with E-state index in [-0.39, 0.29) is 18.6 Å². The molecule has 0 bridgehead atoms. The molecule has 18 heavy (non-hydrogen) atoms. The molecule has 0 heterocycles. The van der Waals surface area contributed by atoms with Crippen molar-refractivity contribution in [2.24, 2.45) is 5.41 Å². The molecule has 0 saturated heterocycles. The van der Waals surface area contributed by atoms with Gasteiger partial charge in [0.05, 0.1) is 0 Å². The Labute approximate surface area is 108 Å². The summed E-state index contributed by atoms with van der Waals surface area (Å²) in [4.78, 5) is 0. The highest BCUT2D eigenvalue weighted by molar-refractivity contribution is 5.27. The van der Waals surface area contributed by atoms with Gasteiger partial charge in [0.2, 0.25) is 0 Å². The van der Waals surface area contributed by atoms with Crippen molar-refractivity contribution in [2.45, 2.75) is 20.4 Å². The maximum Gasteiger partial charge on any atom is 0.174 e. The molecule has 98 valence electrons. The molecule has 1 rings (SSSR count). The van der Waals surface area contributed by atoms with Gasteiger partial charge < -0.3 is 15.2 Å². The molecule has 4 heteroatoms. The Hall–Kier alpha value is -1.57. The molecular formula is C14H20N2O2. The van der Waals surface area contributed by atoms with Crippen molar-refractivity contribution in [3.63, 3.8) is 0 Å². The molecule has 0 aromatic heterocycles. The number of aliphatic hydroxyl groups is 1. The van der Waals surface area contributed by atoms with Crippen molar-refractivity contribution in [2.75, 3.05) is 19.8 Å². The largest absolute Gasteiger partial charge is 0.479 e. The Balaban J connectivity index is 2.38. The third-order valence-corrected chi connectivity index (χ3v) is 2.59. The van der Waals surface area contributed by atoms with E-state index >= 15 is 0 Å². The molecule has 0 radical (unpaired) electrons. The van der Waals surface area contributed by atoms with Gasteiger partial charge in [0, 0.05) is 25.1 Å². The van der Waals surface area contributed by atoms with Crippen molar-refractivity contribution in [3.8, 4) is 11.8 Å². The fourth-order valence-electron chi connectivity index (χ4n) is 1.42. The first-order chi connectivity index (χ1) is 8.57. The molecule has 0 aliphatic rings. The second kappa shape index (κ2) is 7.00. The van der Waals surface area contributed by atoms with E-state index in [1.165, 1.54) is 0 Å². The number of nitriles is 1. The zero-order chi connectivity index (χ0) is 13.4. The molecule has 1 aromatic rings. The molecule has 0 atom stereocenters. The summed E-state index contributed by atoms with van der Waals surface area (Å²) in [6.07, 6.45) is 0. The van der Waals surface area contributed by atoms with Crippen LogP contribution in [0.1, 0.15) is 19.4 Å². The Morgan fingerprint density at radius 1 is 1.33 bits per heavy atom. The lowest BCUT2D eigenvalue weighted by Crippen LogP contribution is -2.31. The number of benzene rings is 1. The minimum Gasteiger partial charge on any atom is -0.479 e. The molecule has 0 amide bonds. The summed E-state index contributed by atoms with van der Waals surface area (Å²) in [5.74, 6) is 0.705. The lowest BCUT2D eigenvalue weighted by molar-refractivity contribution is 0.156. The highest BCUT2D eigenvalue weighted by atomic mass is 16.5. The lowest BCUT2D eigenvalue weighted by Gasteiger charge is -2.21. The van der Waals surface area contributed by atoms with Gasteiger partial charge in [-0.25, -0.2) is 0 Å². The van der Waals surface area contributed by atoms with Crippen LogP contribution < -0.4 is 10.1 Å². The minimum atomic E-state index is -0.101. The Morgan fingerprint density at radius 2 is 2.00 bits per heavy atom. The summed E-state index contributed by atoms with van der Waals surface area (Å²) in [7, 11) is 0. The van der Waals surface area contributed by atoms with E-state index in [0.29, 0.717) is 5.75 Å². The van der Waals surface area contributed by atoms with Gasteiger partial charge >= 0.3 is 0 Å². The third-order valence-electron chi connectivity index (χ3n) is 2.59. The molecular weight excluding hydrogens is 228 g/mol. The number of nitrogens with zero attached hydrogens (tertiary/aromatic N) is 1. The van der Waals surface area contributed by atoms with Crippen molar-refractivity contribution in [1.82, 2.24) is 5.32 Å². The first-order valence-electron chi connectivity index (χ1n) is 5.98. The van der Waals surface area contributed by atoms with Crippen LogP contribution >= 0.6 is 0 Å². The molecule has 0 aliphatic heterocycles. The van der Waals surface area contributed by atoms with Crippen molar-refractivity contribution < 1.29 is 9.84 Å². The highest BCUT2D eigenvalue weighted by Gasteiger charge is 2.15. The second-order valence-corrected chi connectivity index (χ2v) is 5.02. The summed E-state index contributed by atoms with van der Waals surface area (Å²) in [6, 6.07) is 9.56. The predicted molar refractivity (Wildman–Crippen MR) is 70.1 cm³/mol. The van der Waals surface area contributed by atoms with Crippen LogP contribution in [0.2, 0.25) is 0 Å². The van der Waals surface area contributed by atoms with Crippen LogP contribution in [-0.2, 0) is 6.54 Å². The summed E-state index contributed by atoms with van der Waals surface area (Å²) >= 11 is 0. The van der Waals surface area contributed by atoms with Crippen LogP contribution in [-0.4, -0.2) is 24.9 Å². The van der Waals surface area contributed by atoms with E-state index in [2.05, 4.69) is 5.32 Å². The van der Waals surface area contributed by atoms with Crippen LogP contribution in [0.4, 0.5) is 0 Å². The van der Waals surface area contributed by atoms with Crippen molar-refractivity contribution in [3.05, 3.63) is 29.8 Å². The van der Waals surface area contributed by atoms with Crippen molar-refractivity contribution in [1.29, 1.82) is 5.26 Å². The zero-order valence-corrected chi connectivity index (χ0v) is 10.9. The van der Waals surface area contributed by atoms with Gasteiger partial charge in [-0.15, -0.1) is 0 Å². The maximum absolute atomic E-state index is 9.13. The van der Waals surface area contributed by atoms with Gasteiger partial charge in [-0.1, -0.05) is 26.0 Å². The number of aliphatic hydroxyl groups excluding tert-OH is 1. The maximum atomic E-state index is 9.13. The smallest absolute Gasteiger partial charge is 0.174 e. The molecule has 0 fully saturated rings. The van der Waals surface area contributed by atoms with Gasteiger partial charge in [-0.05, 0) is 17.7 Å². The Morgan fingerprint density at radius 3 is 2.56 bits per heavy atom. The number of hydrogen-bond donors (Lipinski definition) is 2. The SMILES string of the molecule is CC(C)(CO)CNCc1ccc(OCC#N)cc1. The van der Waals surface area contributed by atoms with E-state index in [1.54, 1.807) is 0 Å². The van der Waals surface area contributed by atoms with Gasteiger partial charge in [0.1, 0.15) is 11.8 Å². The summed E-state index contributed by atoms with van der Waals surface area (Å²) in [5.41, 5.74) is 1.04. The van der Waals surface area contributed by atoms with E-state index < -0.39 is 0 Å². The Bertz CT molecular complexity index is 393. The standard InChI is InChI=1S/C14H20N2O2/c1-14(2,11-17)10-16-9-12-3-5-13(6-4-12)18-8-7-15/h3-6,16-17H,8-11H2,1-2H3. The lowest BCUT2D eigenvalue weighted by atomic mass is 9.95. The van der Waals surface area contributed by atoms with Crippen LogP contribution in [0.3, 0.4) is 0 Å². The quantitative estimate of drug-likeness (QED) is 0.770. The van der Waals surface area contributed by atoms with E-state index in [0.717, 1.165) is 18.7 Å². The van der Waals surface area contributed by atoms with E-state index in [4.69, 9.17) is 15.1 Å². The van der Waals surface area contributed by atoms with Crippen LogP contribution in [0, 0.1) is 16.7 Å². The zero-order valence-electron chi connectivity index (χ0n) is 10.9. The van der Waals surface area contributed by atoms with Gasteiger partial charge in [0.25, 0.3) is 0 Å². The molecule has 0 aliphatic carbocycles. The van der Waals surface area contributed by atoms with Crippen LogP contribution in [0.15, 0.2) is 24.3 Å². The molecule has 1 aromatic carbocycles. The van der Waals surface area contributed by atoms with E-state index in [1.807, 2.05) is 44.2 Å². The highest BCUT2D eigenvalue weighted by Crippen LogP contribution is 2.14. The number of ether oxygens (including phenoxy) is 1.